The van der Waals surface area contributed by atoms with Crippen molar-refractivity contribution in [2.45, 2.75) is 6.56 Å². The first-order valence-electron chi connectivity index (χ1n) is 6.84. The first-order valence-corrected chi connectivity index (χ1v) is 5.84. The molecular formula is C16H12O3. The van der Waals surface area contributed by atoms with Gasteiger partial charge >= 0.3 is 5.97 Å². The van der Waals surface area contributed by atoms with Gasteiger partial charge in [-0.05, 0) is 24.3 Å². The van der Waals surface area contributed by atoms with E-state index >= 15 is 0 Å². The van der Waals surface area contributed by atoms with Crippen molar-refractivity contribution in [3.63, 3.8) is 0 Å². The molecule has 0 spiro atoms. The van der Waals surface area contributed by atoms with E-state index in [-0.39, 0.29) is 11.3 Å². The fraction of sp³-hybridized carbons (Fsp3) is 0.0625. The van der Waals surface area contributed by atoms with Crippen molar-refractivity contribution in [3.8, 4) is 0 Å². The molecule has 3 heteroatoms. The van der Waals surface area contributed by atoms with Crippen LogP contribution >= 0.6 is 0 Å². The molecule has 1 heterocycles. The van der Waals surface area contributed by atoms with Crippen molar-refractivity contribution in [3.05, 3.63) is 72.0 Å². The number of esters is 1. The summed E-state index contributed by atoms with van der Waals surface area (Å²) in [6.07, 6.45) is 0. The minimum absolute atomic E-state index is 0.0343. The summed E-state index contributed by atoms with van der Waals surface area (Å²) in [6, 6.07) is 17.0. The molecule has 0 bridgehead atoms. The lowest BCUT2D eigenvalue weighted by molar-refractivity contribution is 0.0447. The van der Waals surface area contributed by atoms with Crippen LogP contribution in [-0.4, -0.2) is 5.97 Å². The topological polar surface area (TPSA) is 39.4 Å². The van der Waals surface area contributed by atoms with Crippen LogP contribution in [0, 0.1) is 0 Å². The number of carbonyl (C=O) groups excluding carboxylic acids is 1. The smallest absolute Gasteiger partial charge is 0.338 e. The molecule has 0 saturated carbocycles. The largest absolute Gasteiger partial charge is 0.457 e. The molecule has 3 rings (SSSR count). The third-order valence-corrected chi connectivity index (χ3v) is 2.68. The monoisotopic (exact) mass is 254 g/mol. The normalized spacial score (nSPS) is 12.8. The van der Waals surface area contributed by atoms with Crippen LogP contribution in [-0.2, 0) is 11.3 Å². The van der Waals surface area contributed by atoms with Crippen LogP contribution in [0.15, 0.2) is 65.1 Å². The molecule has 3 aromatic rings. The van der Waals surface area contributed by atoms with E-state index in [0.29, 0.717) is 5.58 Å². The van der Waals surface area contributed by atoms with E-state index < -0.39 is 12.5 Å². The van der Waals surface area contributed by atoms with Gasteiger partial charge in [0.05, 0.1) is 8.30 Å². The van der Waals surface area contributed by atoms with Gasteiger partial charge in [0.2, 0.25) is 0 Å². The van der Waals surface area contributed by atoms with Gasteiger partial charge in [0.1, 0.15) is 17.9 Å². The average molecular weight is 254 g/mol. The molecule has 0 aliphatic heterocycles. The van der Waals surface area contributed by atoms with Crippen molar-refractivity contribution in [1.82, 2.24) is 0 Å². The summed E-state index contributed by atoms with van der Waals surface area (Å²) >= 11 is 0. The number of fused-ring (bicyclic) bond motifs is 1. The lowest BCUT2D eigenvalue weighted by atomic mass is 10.2. The predicted molar refractivity (Wildman–Crippen MR) is 71.8 cm³/mol. The fourth-order valence-electron chi connectivity index (χ4n) is 1.76. The highest BCUT2D eigenvalue weighted by Gasteiger charge is 2.08. The summed E-state index contributed by atoms with van der Waals surface area (Å²) in [5.74, 6) is -0.769. The Labute approximate surface area is 113 Å². The van der Waals surface area contributed by atoms with Crippen molar-refractivity contribution in [2.75, 3.05) is 0 Å². The maximum Gasteiger partial charge on any atom is 0.338 e. The molecule has 1 aromatic heterocycles. The Kier molecular flexibility index (Phi) is 2.46. The average Bonchev–Trinajstić information content (AvgIpc) is 2.92. The van der Waals surface area contributed by atoms with Crippen LogP contribution in [0.5, 0.6) is 0 Å². The number of para-hydroxylation sites is 1. The number of rotatable bonds is 3. The molecule has 0 atom stereocenters. The minimum Gasteiger partial charge on any atom is -0.457 e. The molecule has 0 fully saturated rings. The van der Waals surface area contributed by atoms with Gasteiger partial charge in [-0.2, -0.15) is 0 Å². The molecule has 0 aliphatic carbocycles. The van der Waals surface area contributed by atoms with Gasteiger partial charge in [-0.15, -0.1) is 0 Å². The van der Waals surface area contributed by atoms with Crippen molar-refractivity contribution >= 4 is 16.9 Å². The van der Waals surface area contributed by atoms with Crippen LogP contribution < -0.4 is 0 Å². The van der Waals surface area contributed by atoms with Gasteiger partial charge < -0.3 is 9.15 Å². The Morgan fingerprint density at radius 2 is 1.84 bits per heavy atom. The van der Waals surface area contributed by atoms with Gasteiger partial charge in [-0.1, -0.05) is 36.4 Å². The zero-order chi connectivity index (χ0) is 14.9. The summed E-state index contributed by atoms with van der Waals surface area (Å²) in [7, 11) is 0. The first-order chi connectivity index (χ1) is 10.1. The van der Waals surface area contributed by atoms with Gasteiger partial charge in [-0.3, -0.25) is 0 Å². The molecule has 3 nitrogen and oxygen atoms in total. The summed E-state index contributed by atoms with van der Waals surface area (Å²) in [5.41, 5.74) is 0.838. The maximum atomic E-state index is 11.9. The molecule has 0 N–H and O–H groups in total. The van der Waals surface area contributed by atoms with Crippen LogP contribution in [0.1, 0.15) is 18.9 Å². The van der Waals surface area contributed by atoms with Crippen molar-refractivity contribution in [2.24, 2.45) is 0 Å². The quantitative estimate of drug-likeness (QED) is 0.667. The number of carbonyl (C=O) groups is 1. The Morgan fingerprint density at radius 3 is 2.63 bits per heavy atom. The summed E-state index contributed by atoms with van der Waals surface area (Å²) in [5, 5.41) is 0.757. The second-order valence-corrected chi connectivity index (χ2v) is 4.01. The molecule has 0 saturated heterocycles. The van der Waals surface area contributed by atoms with Gasteiger partial charge in [-0.25, -0.2) is 4.79 Å². The highest BCUT2D eigenvalue weighted by Crippen LogP contribution is 2.19. The van der Waals surface area contributed by atoms with Gasteiger partial charge in [0, 0.05) is 5.39 Å². The summed E-state index contributed by atoms with van der Waals surface area (Å²) < 4.78 is 26.2. The van der Waals surface area contributed by atoms with Crippen LogP contribution in [0.4, 0.5) is 0 Å². The van der Waals surface area contributed by atoms with Crippen LogP contribution in [0.3, 0.4) is 0 Å². The Bertz CT molecular complexity index is 745. The van der Waals surface area contributed by atoms with Gasteiger partial charge in [0.15, 0.2) is 0 Å². The maximum absolute atomic E-state index is 11.9. The SMILES string of the molecule is [2H]C([2H])(OC(=O)c1ccccc1)c1cc2ccccc2o1. The zero-order valence-corrected chi connectivity index (χ0v) is 10.00. The molecule has 0 aliphatic rings. The number of furan rings is 1. The third-order valence-electron chi connectivity index (χ3n) is 2.68. The fourth-order valence-corrected chi connectivity index (χ4v) is 1.76. The second-order valence-electron chi connectivity index (χ2n) is 4.01. The number of hydrogen-bond donors (Lipinski definition) is 0. The zero-order valence-electron chi connectivity index (χ0n) is 12.0. The van der Waals surface area contributed by atoms with E-state index in [4.69, 9.17) is 11.9 Å². The molecule has 2 aromatic carbocycles. The van der Waals surface area contributed by atoms with E-state index in [1.165, 1.54) is 6.07 Å². The number of hydrogen-bond acceptors (Lipinski definition) is 3. The van der Waals surface area contributed by atoms with Crippen LogP contribution in [0.2, 0.25) is 0 Å². The predicted octanol–water partition coefficient (Wildman–Crippen LogP) is 3.79. The molecule has 94 valence electrons. The molecule has 0 radical (unpaired) electrons. The van der Waals surface area contributed by atoms with E-state index in [1.54, 1.807) is 48.5 Å². The standard InChI is InChI=1S/C16H12O3/c17-16(12-6-2-1-3-7-12)18-11-14-10-13-8-4-5-9-15(13)19-14/h1-10H,11H2/i11D2. The van der Waals surface area contributed by atoms with E-state index in [2.05, 4.69) is 0 Å². The highest BCUT2D eigenvalue weighted by atomic mass is 16.5. The summed E-state index contributed by atoms with van der Waals surface area (Å²) in [4.78, 5) is 11.9. The number of ether oxygens (including phenoxy) is 1. The highest BCUT2D eigenvalue weighted by molar-refractivity contribution is 5.89. The minimum atomic E-state index is -2.33. The molecule has 0 amide bonds. The molecule has 19 heavy (non-hydrogen) atoms. The summed E-state index contributed by atoms with van der Waals surface area (Å²) in [6.45, 7) is -2.33. The lowest BCUT2D eigenvalue weighted by Crippen LogP contribution is -2.04. The van der Waals surface area contributed by atoms with E-state index in [9.17, 15) is 4.79 Å². The van der Waals surface area contributed by atoms with Crippen molar-refractivity contribution in [1.29, 1.82) is 0 Å². The second kappa shape index (κ2) is 4.98. The molecular weight excluding hydrogens is 240 g/mol. The molecule has 0 unspecified atom stereocenters. The first kappa shape index (κ1) is 9.39. The Balaban J connectivity index is 1.88. The van der Waals surface area contributed by atoms with Crippen molar-refractivity contribution < 1.29 is 16.7 Å². The van der Waals surface area contributed by atoms with E-state index in [1.807, 2.05) is 6.07 Å². The number of benzene rings is 2. The van der Waals surface area contributed by atoms with Crippen LogP contribution in [0.25, 0.3) is 11.0 Å². The van der Waals surface area contributed by atoms with Gasteiger partial charge in [0.25, 0.3) is 0 Å². The van der Waals surface area contributed by atoms with E-state index in [0.717, 1.165) is 5.39 Å². The Hall–Kier alpha value is -2.55. The third kappa shape index (κ3) is 2.50. The lowest BCUT2D eigenvalue weighted by Gasteiger charge is -2.01. The Morgan fingerprint density at radius 1 is 1.11 bits per heavy atom.